The summed E-state index contributed by atoms with van der Waals surface area (Å²) in [6.45, 7) is 2.09. The molecule has 0 saturated carbocycles. The lowest BCUT2D eigenvalue weighted by molar-refractivity contribution is -0.131. The van der Waals surface area contributed by atoms with Crippen molar-refractivity contribution >= 4 is 11.8 Å². The maximum atomic E-state index is 12.6. The van der Waals surface area contributed by atoms with E-state index in [-0.39, 0.29) is 28.9 Å². The molecule has 6 nitrogen and oxygen atoms in total. The van der Waals surface area contributed by atoms with Crippen LogP contribution in [0, 0.1) is 0 Å². The van der Waals surface area contributed by atoms with E-state index in [1.807, 2.05) is 35.2 Å². The molecule has 1 fully saturated rings. The monoisotopic (exact) mass is 368 g/mol. The molecule has 2 amide bonds. The molecule has 0 unspecified atom stereocenters. The van der Waals surface area contributed by atoms with Crippen LogP contribution in [-0.2, 0) is 11.2 Å². The molecule has 0 aliphatic carbocycles. The van der Waals surface area contributed by atoms with Crippen LogP contribution < -0.4 is 0 Å². The van der Waals surface area contributed by atoms with Crippen LogP contribution in [0.3, 0.4) is 0 Å². The van der Waals surface area contributed by atoms with E-state index in [0.29, 0.717) is 45.4 Å². The number of aryl methyl sites for hydroxylation is 1. The first-order chi connectivity index (χ1) is 13.0. The predicted octanol–water partition coefficient (Wildman–Crippen LogP) is 2.41. The van der Waals surface area contributed by atoms with Gasteiger partial charge in [-0.3, -0.25) is 9.59 Å². The van der Waals surface area contributed by atoms with Gasteiger partial charge in [0.2, 0.25) is 5.91 Å². The van der Waals surface area contributed by atoms with Crippen LogP contribution in [0.1, 0.15) is 28.8 Å². The van der Waals surface area contributed by atoms with Crippen molar-refractivity contribution in [3.63, 3.8) is 0 Å². The van der Waals surface area contributed by atoms with E-state index in [9.17, 15) is 19.8 Å². The largest absolute Gasteiger partial charge is 0.508 e. The van der Waals surface area contributed by atoms with E-state index < -0.39 is 0 Å². The van der Waals surface area contributed by atoms with Crippen LogP contribution in [0.15, 0.2) is 48.5 Å². The maximum Gasteiger partial charge on any atom is 0.254 e. The third kappa shape index (κ3) is 5.00. The highest BCUT2D eigenvalue weighted by Crippen LogP contribution is 2.22. The lowest BCUT2D eigenvalue weighted by Crippen LogP contribution is -2.37. The van der Waals surface area contributed by atoms with Crippen molar-refractivity contribution < 1.29 is 19.8 Å². The molecule has 6 heteroatoms. The highest BCUT2D eigenvalue weighted by molar-refractivity contribution is 5.95. The number of phenolic OH excluding ortho intramolecular Hbond substituents is 2. The van der Waals surface area contributed by atoms with Gasteiger partial charge in [0.05, 0.1) is 0 Å². The first-order valence-corrected chi connectivity index (χ1v) is 9.17. The fraction of sp³-hybridized carbons (Fsp3) is 0.333. The number of aromatic hydroxyl groups is 2. The van der Waals surface area contributed by atoms with Crippen molar-refractivity contribution in [3.05, 3.63) is 59.7 Å². The summed E-state index contributed by atoms with van der Waals surface area (Å²) in [5.74, 6) is -0.445. The van der Waals surface area contributed by atoms with E-state index in [1.165, 1.54) is 18.2 Å². The van der Waals surface area contributed by atoms with Crippen LogP contribution in [0.2, 0.25) is 0 Å². The number of carbonyl (C=O) groups excluding carboxylic acids is 2. The molecule has 0 radical (unpaired) electrons. The fourth-order valence-electron chi connectivity index (χ4n) is 3.33. The molecule has 142 valence electrons. The average molecular weight is 368 g/mol. The van der Waals surface area contributed by atoms with Crippen molar-refractivity contribution in [2.75, 3.05) is 26.2 Å². The van der Waals surface area contributed by atoms with E-state index in [2.05, 4.69) is 0 Å². The zero-order valence-corrected chi connectivity index (χ0v) is 15.2. The van der Waals surface area contributed by atoms with Gasteiger partial charge in [0.1, 0.15) is 11.5 Å². The molecule has 1 heterocycles. The minimum atomic E-state index is -0.250. The van der Waals surface area contributed by atoms with Crippen LogP contribution in [0.25, 0.3) is 0 Å². The third-order valence-corrected chi connectivity index (χ3v) is 4.76. The highest BCUT2D eigenvalue weighted by atomic mass is 16.3. The second-order valence-corrected chi connectivity index (χ2v) is 6.75. The van der Waals surface area contributed by atoms with Gasteiger partial charge in [0, 0.05) is 44.2 Å². The zero-order chi connectivity index (χ0) is 19.2. The van der Waals surface area contributed by atoms with E-state index in [0.717, 1.165) is 5.56 Å². The number of carbonyl (C=O) groups is 2. The first kappa shape index (κ1) is 18.8. The summed E-state index contributed by atoms with van der Waals surface area (Å²) in [6.07, 6.45) is 1.87. The molecule has 1 aliphatic rings. The SMILES string of the molecule is O=C(CCc1ccccc1)N1CCCN(C(=O)c2cc(O)cc(O)c2)CC1. The summed E-state index contributed by atoms with van der Waals surface area (Å²) in [5, 5.41) is 19.2. The molecule has 2 N–H and O–H groups in total. The second kappa shape index (κ2) is 8.58. The molecule has 1 aliphatic heterocycles. The lowest BCUT2D eigenvalue weighted by atomic mass is 10.1. The fourth-order valence-corrected chi connectivity index (χ4v) is 3.33. The Morgan fingerprint density at radius 3 is 2.19 bits per heavy atom. The highest BCUT2D eigenvalue weighted by Gasteiger charge is 2.23. The summed E-state index contributed by atoms with van der Waals surface area (Å²) >= 11 is 0. The summed E-state index contributed by atoms with van der Waals surface area (Å²) in [5.41, 5.74) is 1.39. The van der Waals surface area contributed by atoms with Gasteiger partial charge in [-0.05, 0) is 30.5 Å². The lowest BCUT2D eigenvalue weighted by Gasteiger charge is -2.22. The number of amides is 2. The van der Waals surface area contributed by atoms with Gasteiger partial charge in [-0.25, -0.2) is 0 Å². The van der Waals surface area contributed by atoms with Gasteiger partial charge in [0.15, 0.2) is 0 Å². The summed E-state index contributed by atoms with van der Waals surface area (Å²) in [4.78, 5) is 28.6. The average Bonchev–Trinajstić information content (AvgIpc) is 2.92. The maximum absolute atomic E-state index is 12.6. The second-order valence-electron chi connectivity index (χ2n) is 6.75. The number of rotatable bonds is 4. The van der Waals surface area contributed by atoms with E-state index in [4.69, 9.17) is 0 Å². The number of hydrogen-bond donors (Lipinski definition) is 2. The summed E-state index contributed by atoms with van der Waals surface area (Å²) in [6, 6.07) is 13.8. The van der Waals surface area contributed by atoms with Gasteiger partial charge < -0.3 is 20.0 Å². The molecule has 0 bridgehead atoms. The van der Waals surface area contributed by atoms with Crippen molar-refractivity contribution in [2.24, 2.45) is 0 Å². The summed E-state index contributed by atoms with van der Waals surface area (Å²) in [7, 11) is 0. The Morgan fingerprint density at radius 2 is 1.48 bits per heavy atom. The summed E-state index contributed by atoms with van der Waals surface area (Å²) < 4.78 is 0. The molecule has 2 aromatic carbocycles. The Balaban J connectivity index is 1.56. The van der Waals surface area contributed by atoms with Crippen LogP contribution in [0.5, 0.6) is 11.5 Å². The van der Waals surface area contributed by atoms with Crippen molar-refractivity contribution in [2.45, 2.75) is 19.3 Å². The number of benzene rings is 2. The van der Waals surface area contributed by atoms with Crippen LogP contribution in [0.4, 0.5) is 0 Å². The third-order valence-electron chi connectivity index (χ3n) is 4.76. The quantitative estimate of drug-likeness (QED) is 0.868. The normalized spacial score (nSPS) is 14.7. The van der Waals surface area contributed by atoms with Gasteiger partial charge in [-0.2, -0.15) is 0 Å². The number of nitrogens with zero attached hydrogens (tertiary/aromatic N) is 2. The molecule has 3 rings (SSSR count). The molecule has 2 aromatic rings. The Morgan fingerprint density at radius 1 is 0.852 bits per heavy atom. The van der Waals surface area contributed by atoms with Crippen LogP contribution in [-0.4, -0.2) is 58.0 Å². The number of phenols is 2. The van der Waals surface area contributed by atoms with E-state index >= 15 is 0 Å². The predicted molar refractivity (Wildman–Crippen MR) is 102 cm³/mol. The van der Waals surface area contributed by atoms with E-state index in [1.54, 1.807) is 4.90 Å². The molecular formula is C21H24N2O4. The molecular weight excluding hydrogens is 344 g/mol. The van der Waals surface area contributed by atoms with Crippen molar-refractivity contribution in [1.82, 2.24) is 9.80 Å². The Labute approximate surface area is 158 Å². The first-order valence-electron chi connectivity index (χ1n) is 9.17. The minimum absolute atomic E-state index is 0.100. The molecule has 0 aromatic heterocycles. The minimum Gasteiger partial charge on any atom is -0.508 e. The van der Waals surface area contributed by atoms with Crippen molar-refractivity contribution in [1.29, 1.82) is 0 Å². The topological polar surface area (TPSA) is 81.1 Å². The van der Waals surface area contributed by atoms with Gasteiger partial charge >= 0.3 is 0 Å². The molecule has 1 saturated heterocycles. The smallest absolute Gasteiger partial charge is 0.254 e. The Bertz CT molecular complexity index is 787. The standard InChI is InChI=1S/C21H24N2O4/c24-18-13-17(14-19(25)15-18)21(27)23-10-4-9-22(11-12-23)20(26)8-7-16-5-2-1-3-6-16/h1-3,5-6,13-15,24-25H,4,7-12H2. The van der Waals surface area contributed by atoms with Gasteiger partial charge in [-0.15, -0.1) is 0 Å². The Hall–Kier alpha value is -3.02. The van der Waals surface area contributed by atoms with Crippen molar-refractivity contribution in [3.8, 4) is 11.5 Å². The van der Waals surface area contributed by atoms with Gasteiger partial charge in [-0.1, -0.05) is 30.3 Å². The zero-order valence-electron chi connectivity index (χ0n) is 15.2. The molecule has 0 spiro atoms. The molecule has 0 atom stereocenters. The van der Waals surface area contributed by atoms with Crippen LogP contribution >= 0.6 is 0 Å². The number of hydrogen-bond acceptors (Lipinski definition) is 4. The Kier molecular flexibility index (Phi) is 5.96. The van der Waals surface area contributed by atoms with Gasteiger partial charge in [0.25, 0.3) is 5.91 Å². The molecule has 27 heavy (non-hydrogen) atoms.